The Kier molecular flexibility index (Phi) is 3.13. The Labute approximate surface area is 82.9 Å². The number of ether oxygens (including phenoxy) is 1. The van der Waals surface area contributed by atoms with Crippen LogP contribution in [0.25, 0.3) is 0 Å². The van der Waals surface area contributed by atoms with Crippen molar-refractivity contribution < 1.29 is 19.7 Å². The first-order valence-corrected chi connectivity index (χ1v) is 4.22. The van der Waals surface area contributed by atoms with Crippen molar-refractivity contribution in [1.82, 2.24) is 0 Å². The van der Waals surface area contributed by atoms with Crippen LogP contribution < -0.4 is 4.74 Å². The van der Waals surface area contributed by atoms with Crippen LogP contribution in [0.3, 0.4) is 0 Å². The Bertz CT molecular complexity index is 324. The number of aliphatic carboxylic acids is 1. The molecule has 1 aromatic rings. The molecule has 0 fully saturated rings. The summed E-state index contributed by atoms with van der Waals surface area (Å²) in [5.74, 6) is -1.01. The molecule has 4 nitrogen and oxygen atoms in total. The molecule has 0 radical (unpaired) electrons. The molecule has 0 saturated carbocycles. The Morgan fingerprint density at radius 2 is 2.23 bits per heavy atom. The number of rotatable bonds is 3. The van der Waals surface area contributed by atoms with Crippen LogP contribution in [0, 0.1) is 0 Å². The van der Waals surface area contributed by atoms with Crippen molar-refractivity contribution in [2.24, 2.45) is 0 Å². The molecule has 13 heavy (non-hydrogen) atoms. The number of hydrogen-bond donors (Lipinski definition) is 2. The summed E-state index contributed by atoms with van der Waals surface area (Å²) >= 11 is 3.14. The highest BCUT2D eigenvalue weighted by molar-refractivity contribution is 9.10. The molecule has 0 atom stereocenters. The number of carbonyl (C=O) groups is 1. The van der Waals surface area contributed by atoms with E-state index < -0.39 is 12.6 Å². The minimum atomic E-state index is -1.08. The average molecular weight is 247 g/mol. The zero-order valence-corrected chi connectivity index (χ0v) is 8.11. The molecule has 1 aromatic carbocycles. The van der Waals surface area contributed by atoms with E-state index in [4.69, 9.17) is 9.84 Å². The standard InChI is InChI=1S/C8H7BrO4/c9-5-1-2-7(6(10)3-5)13-4-8(11)12/h1-3,10H,4H2,(H,11,12). The Hall–Kier alpha value is -1.23. The maximum Gasteiger partial charge on any atom is 0.341 e. The lowest BCUT2D eigenvalue weighted by Gasteiger charge is -2.04. The normalized spacial score (nSPS) is 9.62. The molecule has 0 bridgehead atoms. The van der Waals surface area contributed by atoms with E-state index in [1.807, 2.05) is 0 Å². The van der Waals surface area contributed by atoms with Gasteiger partial charge in [0.2, 0.25) is 0 Å². The van der Waals surface area contributed by atoms with Crippen LogP contribution in [0.1, 0.15) is 0 Å². The summed E-state index contributed by atoms with van der Waals surface area (Å²) in [4.78, 5) is 10.1. The highest BCUT2D eigenvalue weighted by atomic mass is 79.9. The summed E-state index contributed by atoms with van der Waals surface area (Å²) in [7, 11) is 0. The summed E-state index contributed by atoms with van der Waals surface area (Å²) < 4.78 is 5.48. The number of phenolic OH excluding ortho intramolecular Hbond substituents is 1. The number of benzene rings is 1. The van der Waals surface area contributed by atoms with Gasteiger partial charge in [0.25, 0.3) is 0 Å². The lowest BCUT2D eigenvalue weighted by Crippen LogP contribution is -2.09. The van der Waals surface area contributed by atoms with E-state index in [1.165, 1.54) is 12.1 Å². The number of hydrogen-bond acceptors (Lipinski definition) is 3. The number of halogens is 1. The molecule has 0 aliphatic heterocycles. The van der Waals surface area contributed by atoms with Crippen molar-refractivity contribution in [2.45, 2.75) is 0 Å². The van der Waals surface area contributed by atoms with Gasteiger partial charge < -0.3 is 14.9 Å². The second-order valence-electron chi connectivity index (χ2n) is 2.29. The second-order valence-corrected chi connectivity index (χ2v) is 3.21. The quantitative estimate of drug-likeness (QED) is 0.851. The van der Waals surface area contributed by atoms with Crippen molar-refractivity contribution in [2.75, 3.05) is 6.61 Å². The Morgan fingerprint density at radius 1 is 1.54 bits per heavy atom. The van der Waals surface area contributed by atoms with E-state index in [-0.39, 0.29) is 11.5 Å². The molecule has 0 aliphatic rings. The monoisotopic (exact) mass is 246 g/mol. The summed E-state index contributed by atoms with van der Waals surface area (Å²) in [6.07, 6.45) is 0. The molecule has 5 heteroatoms. The summed E-state index contributed by atoms with van der Waals surface area (Å²) in [6, 6.07) is 4.57. The van der Waals surface area contributed by atoms with Crippen molar-refractivity contribution in [3.8, 4) is 11.5 Å². The molecular weight excluding hydrogens is 240 g/mol. The highest BCUT2D eigenvalue weighted by Crippen LogP contribution is 2.28. The first kappa shape index (κ1) is 9.85. The molecular formula is C8H7BrO4. The molecule has 0 aliphatic carbocycles. The third kappa shape index (κ3) is 2.95. The predicted octanol–water partition coefficient (Wildman–Crippen LogP) is 1.62. The second kappa shape index (κ2) is 4.13. The minimum Gasteiger partial charge on any atom is -0.504 e. The molecule has 2 N–H and O–H groups in total. The lowest BCUT2D eigenvalue weighted by molar-refractivity contribution is -0.139. The third-order valence-corrected chi connectivity index (χ3v) is 1.77. The fraction of sp³-hybridized carbons (Fsp3) is 0.125. The zero-order valence-electron chi connectivity index (χ0n) is 6.53. The van der Waals surface area contributed by atoms with Crippen molar-refractivity contribution >= 4 is 21.9 Å². The molecule has 70 valence electrons. The Morgan fingerprint density at radius 3 is 2.77 bits per heavy atom. The molecule has 0 heterocycles. The van der Waals surface area contributed by atoms with Gasteiger partial charge in [0, 0.05) is 4.47 Å². The molecule has 0 amide bonds. The number of carboxylic acid groups (broad SMARTS) is 1. The van der Waals surface area contributed by atoms with Crippen molar-refractivity contribution in [1.29, 1.82) is 0 Å². The van der Waals surface area contributed by atoms with Crippen LogP contribution in [0.5, 0.6) is 11.5 Å². The first-order valence-electron chi connectivity index (χ1n) is 3.42. The van der Waals surface area contributed by atoms with E-state index in [9.17, 15) is 9.90 Å². The zero-order chi connectivity index (χ0) is 9.84. The van der Waals surface area contributed by atoms with Crippen LogP contribution >= 0.6 is 15.9 Å². The molecule has 0 saturated heterocycles. The maximum atomic E-state index is 10.1. The van der Waals surface area contributed by atoms with Gasteiger partial charge in [-0.1, -0.05) is 15.9 Å². The number of phenols is 1. The van der Waals surface area contributed by atoms with Gasteiger partial charge in [-0.15, -0.1) is 0 Å². The van der Waals surface area contributed by atoms with E-state index in [0.29, 0.717) is 4.47 Å². The summed E-state index contributed by atoms with van der Waals surface area (Å²) in [6.45, 7) is -0.463. The first-order chi connectivity index (χ1) is 6.09. The van der Waals surface area contributed by atoms with Gasteiger partial charge in [0.05, 0.1) is 0 Å². The molecule has 1 rings (SSSR count). The smallest absolute Gasteiger partial charge is 0.341 e. The predicted molar refractivity (Wildman–Crippen MR) is 48.9 cm³/mol. The summed E-state index contributed by atoms with van der Waals surface area (Å²) in [5, 5.41) is 17.6. The van der Waals surface area contributed by atoms with E-state index in [0.717, 1.165) is 0 Å². The van der Waals surface area contributed by atoms with Crippen LogP contribution in [0.15, 0.2) is 22.7 Å². The van der Waals surface area contributed by atoms with Crippen molar-refractivity contribution in [3.63, 3.8) is 0 Å². The fourth-order valence-corrected chi connectivity index (χ4v) is 1.10. The van der Waals surface area contributed by atoms with Crippen LogP contribution in [0.4, 0.5) is 0 Å². The van der Waals surface area contributed by atoms with Gasteiger partial charge in [-0.3, -0.25) is 0 Å². The van der Waals surface area contributed by atoms with Gasteiger partial charge in [-0.2, -0.15) is 0 Å². The third-order valence-electron chi connectivity index (χ3n) is 1.27. The van der Waals surface area contributed by atoms with Crippen molar-refractivity contribution in [3.05, 3.63) is 22.7 Å². The van der Waals surface area contributed by atoms with Gasteiger partial charge in [-0.25, -0.2) is 4.79 Å². The van der Waals surface area contributed by atoms with E-state index in [2.05, 4.69) is 15.9 Å². The van der Waals surface area contributed by atoms with E-state index in [1.54, 1.807) is 6.07 Å². The van der Waals surface area contributed by atoms with Crippen LogP contribution in [0.2, 0.25) is 0 Å². The molecule has 0 aromatic heterocycles. The van der Waals surface area contributed by atoms with Gasteiger partial charge >= 0.3 is 5.97 Å². The SMILES string of the molecule is O=C(O)COc1ccc(Br)cc1O. The van der Waals surface area contributed by atoms with E-state index >= 15 is 0 Å². The van der Waals surface area contributed by atoms with Gasteiger partial charge in [0.1, 0.15) is 0 Å². The average Bonchev–Trinajstić information content (AvgIpc) is 2.02. The lowest BCUT2D eigenvalue weighted by atomic mass is 10.3. The molecule has 0 unspecified atom stereocenters. The fourth-order valence-electron chi connectivity index (χ4n) is 0.752. The van der Waals surface area contributed by atoms with Crippen LogP contribution in [-0.4, -0.2) is 22.8 Å². The maximum absolute atomic E-state index is 10.1. The number of carboxylic acids is 1. The van der Waals surface area contributed by atoms with Crippen LogP contribution in [-0.2, 0) is 4.79 Å². The number of aromatic hydroxyl groups is 1. The largest absolute Gasteiger partial charge is 0.504 e. The summed E-state index contributed by atoms with van der Waals surface area (Å²) in [5.41, 5.74) is 0. The Balaban J connectivity index is 2.72. The highest BCUT2D eigenvalue weighted by Gasteiger charge is 2.04. The van der Waals surface area contributed by atoms with Gasteiger partial charge in [-0.05, 0) is 18.2 Å². The minimum absolute atomic E-state index is 0.0874. The topological polar surface area (TPSA) is 66.8 Å². The van der Waals surface area contributed by atoms with Gasteiger partial charge in [0.15, 0.2) is 18.1 Å². The molecule has 0 spiro atoms.